The first-order valence-electron chi connectivity index (χ1n) is 10.1. The molecule has 0 aliphatic carbocycles. The predicted octanol–water partition coefficient (Wildman–Crippen LogP) is 3.91. The van der Waals surface area contributed by atoms with Crippen molar-refractivity contribution in [3.05, 3.63) is 64.7 Å². The summed E-state index contributed by atoms with van der Waals surface area (Å²) in [5.41, 5.74) is 2.37. The van der Waals surface area contributed by atoms with E-state index in [1.165, 1.54) is 19.3 Å². The smallest absolute Gasteiger partial charge is 0.270 e. The van der Waals surface area contributed by atoms with Crippen LogP contribution in [-0.4, -0.2) is 37.6 Å². The second-order valence-electron chi connectivity index (χ2n) is 7.37. The molecule has 0 saturated carbocycles. The Morgan fingerprint density at radius 3 is 2.38 bits per heavy atom. The van der Waals surface area contributed by atoms with Crippen molar-refractivity contribution in [2.75, 3.05) is 23.3 Å². The second-order valence-corrected chi connectivity index (χ2v) is 10.7. The quantitative estimate of drug-likeness (QED) is 0.485. The van der Waals surface area contributed by atoms with E-state index in [2.05, 4.69) is 25.1 Å². The van der Waals surface area contributed by atoms with E-state index in [1.54, 1.807) is 24.3 Å². The summed E-state index contributed by atoms with van der Waals surface area (Å²) in [4.78, 5) is 14.6. The van der Waals surface area contributed by atoms with Gasteiger partial charge in [-0.3, -0.25) is 10.1 Å². The second kappa shape index (κ2) is 9.95. The summed E-state index contributed by atoms with van der Waals surface area (Å²) < 4.78 is 27.5. The Kier molecular flexibility index (Phi) is 7.04. The number of nitrogens with zero attached hydrogens (tertiary/aromatic N) is 3. The molecule has 1 aliphatic rings. The minimum atomic E-state index is -3.86. The van der Waals surface area contributed by atoms with Gasteiger partial charge in [0.2, 0.25) is 9.47 Å². The number of anilines is 2. The highest BCUT2D eigenvalue weighted by atomic mass is 35.5. The van der Waals surface area contributed by atoms with E-state index in [-0.39, 0.29) is 16.0 Å². The van der Waals surface area contributed by atoms with Gasteiger partial charge in [0.05, 0.1) is 0 Å². The minimum Gasteiger partial charge on any atom is -0.372 e. The van der Waals surface area contributed by atoms with E-state index in [9.17, 15) is 13.2 Å². The number of carbonyl (C=O) groups is 1. The van der Waals surface area contributed by atoms with E-state index in [1.807, 2.05) is 24.3 Å². The predicted molar refractivity (Wildman–Crippen MR) is 126 cm³/mol. The Balaban J connectivity index is 1.35. The molecule has 1 fully saturated rings. The summed E-state index contributed by atoms with van der Waals surface area (Å²) in [5.74, 6) is -0.427. The van der Waals surface area contributed by atoms with Gasteiger partial charge < -0.3 is 4.90 Å². The highest BCUT2D eigenvalue weighted by Crippen LogP contribution is 2.22. The molecule has 168 valence electrons. The third-order valence-electron chi connectivity index (χ3n) is 5.09. The number of rotatable bonds is 7. The van der Waals surface area contributed by atoms with Gasteiger partial charge in [-0.25, -0.2) is 13.1 Å². The normalized spacial score (nSPS) is 14.3. The number of amides is 1. The fourth-order valence-electron chi connectivity index (χ4n) is 3.36. The number of sulfonamides is 1. The molecule has 1 saturated heterocycles. The van der Waals surface area contributed by atoms with Gasteiger partial charge in [0.1, 0.15) is 0 Å². The molecular formula is C21H22ClN5O3S2. The molecule has 3 aromatic rings. The monoisotopic (exact) mass is 491 g/mol. The molecule has 4 rings (SSSR count). The van der Waals surface area contributed by atoms with Crippen LogP contribution < -0.4 is 14.9 Å². The number of carbonyl (C=O) groups excluding carboxylic acids is 1. The van der Waals surface area contributed by atoms with Crippen LogP contribution in [0.4, 0.5) is 10.8 Å². The van der Waals surface area contributed by atoms with Gasteiger partial charge in [-0.2, -0.15) is 0 Å². The average Bonchev–Trinajstić information content (AvgIpc) is 3.29. The first-order valence-corrected chi connectivity index (χ1v) is 12.8. The zero-order valence-corrected chi connectivity index (χ0v) is 19.5. The fraction of sp³-hybridized carbons (Fsp3) is 0.286. The van der Waals surface area contributed by atoms with Crippen LogP contribution in [0, 0.1) is 0 Å². The van der Waals surface area contributed by atoms with Crippen molar-refractivity contribution in [3.63, 3.8) is 0 Å². The fourth-order valence-corrected chi connectivity index (χ4v) is 5.44. The van der Waals surface area contributed by atoms with Crippen molar-refractivity contribution < 1.29 is 13.2 Å². The van der Waals surface area contributed by atoms with E-state index >= 15 is 0 Å². The lowest BCUT2D eigenvalue weighted by atomic mass is 10.1. The molecule has 32 heavy (non-hydrogen) atoms. The Labute approximate surface area is 195 Å². The largest absolute Gasteiger partial charge is 0.372 e. The Hall–Kier alpha value is -2.53. The van der Waals surface area contributed by atoms with Gasteiger partial charge in [0.15, 0.2) is 0 Å². The third kappa shape index (κ3) is 5.63. The minimum absolute atomic E-state index is 0.0937. The van der Waals surface area contributed by atoms with Crippen LogP contribution >= 0.6 is 22.9 Å². The van der Waals surface area contributed by atoms with Crippen molar-refractivity contribution in [1.82, 2.24) is 14.9 Å². The van der Waals surface area contributed by atoms with Crippen LogP contribution in [-0.2, 0) is 16.6 Å². The van der Waals surface area contributed by atoms with Crippen LogP contribution in [0.3, 0.4) is 0 Å². The molecule has 1 amide bonds. The number of hydrogen-bond acceptors (Lipinski definition) is 7. The first kappa shape index (κ1) is 22.7. The Morgan fingerprint density at radius 2 is 1.69 bits per heavy atom. The Morgan fingerprint density at radius 1 is 1.00 bits per heavy atom. The van der Waals surface area contributed by atoms with Crippen molar-refractivity contribution in [2.24, 2.45) is 0 Å². The molecule has 2 heterocycles. The zero-order valence-electron chi connectivity index (χ0n) is 17.1. The summed E-state index contributed by atoms with van der Waals surface area (Å²) in [5, 5.41) is 10.6. The van der Waals surface area contributed by atoms with Gasteiger partial charge in [-0.15, -0.1) is 10.2 Å². The summed E-state index contributed by atoms with van der Waals surface area (Å²) in [6, 6.07) is 14.2. The first-order chi connectivity index (χ1) is 15.4. The van der Waals surface area contributed by atoms with Crippen LogP contribution in [0.1, 0.15) is 35.2 Å². The molecule has 2 N–H and O–H groups in total. The highest BCUT2D eigenvalue weighted by molar-refractivity contribution is 7.91. The molecule has 0 atom stereocenters. The van der Waals surface area contributed by atoms with E-state index in [0.29, 0.717) is 10.6 Å². The molecule has 1 aromatic heterocycles. The summed E-state index contributed by atoms with van der Waals surface area (Å²) in [6.45, 7) is 2.24. The number of benzene rings is 2. The van der Waals surface area contributed by atoms with Crippen LogP contribution in [0.25, 0.3) is 0 Å². The summed E-state index contributed by atoms with van der Waals surface area (Å²) in [7, 11) is -3.86. The SMILES string of the molecule is O=C(Nc1nnc(S(=O)(=O)NCc2ccc(N3CCCCC3)cc2)s1)c1ccc(Cl)cc1. The van der Waals surface area contributed by atoms with Crippen LogP contribution in [0.5, 0.6) is 0 Å². The molecule has 11 heteroatoms. The van der Waals surface area contributed by atoms with Crippen LogP contribution in [0.15, 0.2) is 52.9 Å². The molecule has 0 spiro atoms. The zero-order chi connectivity index (χ0) is 22.6. The Bertz CT molecular complexity index is 1170. The standard InChI is InChI=1S/C21H22ClN5O3S2/c22-17-8-6-16(7-9-17)19(28)24-20-25-26-21(31-20)32(29,30)23-14-15-4-10-18(11-5-15)27-12-2-1-3-13-27/h4-11,23H,1-3,12-14H2,(H,24,25,28). The average molecular weight is 492 g/mol. The molecule has 0 unspecified atom stereocenters. The maximum atomic E-state index is 12.6. The third-order valence-corrected chi connectivity index (χ3v) is 7.95. The van der Waals surface area contributed by atoms with Gasteiger partial charge in [0, 0.05) is 35.9 Å². The highest BCUT2D eigenvalue weighted by Gasteiger charge is 2.21. The number of nitrogens with one attached hydrogen (secondary N) is 2. The number of aromatic nitrogens is 2. The van der Waals surface area contributed by atoms with Crippen LogP contribution in [0.2, 0.25) is 5.02 Å². The molecule has 1 aliphatic heterocycles. The number of piperidine rings is 1. The lowest BCUT2D eigenvalue weighted by Crippen LogP contribution is -2.29. The lowest BCUT2D eigenvalue weighted by Gasteiger charge is -2.28. The van der Waals surface area contributed by atoms with Crippen molar-refractivity contribution in [3.8, 4) is 0 Å². The maximum absolute atomic E-state index is 12.6. The van der Waals surface area contributed by atoms with Gasteiger partial charge >= 0.3 is 0 Å². The summed E-state index contributed by atoms with van der Waals surface area (Å²) >= 11 is 6.60. The number of halogens is 1. The molecule has 2 aromatic carbocycles. The van der Waals surface area contributed by atoms with Gasteiger partial charge in [-0.1, -0.05) is 35.1 Å². The van der Waals surface area contributed by atoms with Crippen molar-refractivity contribution >= 4 is 49.7 Å². The molecule has 0 radical (unpaired) electrons. The number of hydrogen-bond donors (Lipinski definition) is 2. The topological polar surface area (TPSA) is 104 Å². The van der Waals surface area contributed by atoms with E-state index < -0.39 is 15.9 Å². The molecule has 8 nitrogen and oxygen atoms in total. The van der Waals surface area contributed by atoms with E-state index in [4.69, 9.17) is 11.6 Å². The maximum Gasteiger partial charge on any atom is 0.270 e. The van der Waals surface area contributed by atoms with Crippen molar-refractivity contribution in [1.29, 1.82) is 0 Å². The summed E-state index contributed by atoms with van der Waals surface area (Å²) in [6.07, 6.45) is 3.67. The molecular weight excluding hydrogens is 470 g/mol. The van der Waals surface area contributed by atoms with Gasteiger partial charge in [-0.05, 0) is 61.2 Å². The lowest BCUT2D eigenvalue weighted by molar-refractivity contribution is 0.102. The van der Waals surface area contributed by atoms with E-state index in [0.717, 1.165) is 35.7 Å². The molecule has 0 bridgehead atoms. The van der Waals surface area contributed by atoms with Gasteiger partial charge in [0.25, 0.3) is 15.9 Å². The van der Waals surface area contributed by atoms with Crippen molar-refractivity contribution in [2.45, 2.75) is 30.1 Å².